The van der Waals surface area contributed by atoms with Gasteiger partial charge in [-0.25, -0.2) is 4.39 Å². The number of benzene rings is 1. The van der Waals surface area contributed by atoms with Gasteiger partial charge in [-0.05, 0) is 12.1 Å². The van der Waals surface area contributed by atoms with Crippen molar-refractivity contribution in [2.24, 2.45) is 0 Å². The van der Waals surface area contributed by atoms with Crippen LogP contribution in [0.4, 0.5) is 10.1 Å². The zero-order chi connectivity index (χ0) is 7.72. The monoisotopic (exact) mass is 161 g/mol. The van der Waals surface area contributed by atoms with Gasteiger partial charge in [0.15, 0.2) is 0 Å². The zero-order valence-corrected chi connectivity index (χ0v) is 5.69. The van der Waals surface area contributed by atoms with E-state index in [1.165, 1.54) is 0 Å². The summed E-state index contributed by atoms with van der Waals surface area (Å²) in [5.74, 6) is -0.830. The van der Waals surface area contributed by atoms with E-state index in [-0.39, 0.29) is 16.5 Å². The van der Waals surface area contributed by atoms with Crippen molar-refractivity contribution in [3.05, 3.63) is 23.0 Å². The van der Waals surface area contributed by atoms with E-state index in [2.05, 4.69) is 0 Å². The first-order valence-electron chi connectivity index (χ1n) is 2.55. The molecule has 0 fully saturated rings. The quantitative estimate of drug-likeness (QED) is 0.570. The molecule has 0 bridgehead atoms. The van der Waals surface area contributed by atoms with E-state index < -0.39 is 5.82 Å². The molecule has 0 aromatic heterocycles. The van der Waals surface area contributed by atoms with Gasteiger partial charge >= 0.3 is 0 Å². The molecule has 10 heavy (non-hydrogen) atoms. The van der Waals surface area contributed by atoms with Crippen LogP contribution in [0.5, 0.6) is 5.75 Å². The average Bonchev–Trinajstić information content (AvgIpc) is 1.93. The van der Waals surface area contributed by atoms with Crippen molar-refractivity contribution in [3.8, 4) is 5.75 Å². The Morgan fingerprint density at radius 2 is 2.10 bits per heavy atom. The second-order valence-corrected chi connectivity index (χ2v) is 2.17. The van der Waals surface area contributed by atoms with Gasteiger partial charge in [0.05, 0.1) is 5.69 Å². The molecule has 3 N–H and O–H groups in total. The largest absolute Gasteiger partial charge is 0.506 e. The number of aromatic hydroxyl groups is 1. The standard InChI is InChI=1S/C6H5ClFNO/c7-5-4(10)2-1-3(8)6(5)9/h1-2,10H,9H2. The molecule has 0 saturated heterocycles. The van der Waals surface area contributed by atoms with Crippen LogP contribution in [-0.2, 0) is 0 Å². The third kappa shape index (κ3) is 0.998. The van der Waals surface area contributed by atoms with Gasteiger partial charge in [0.2, 0.25) is 0 Å². The van der Waals surface area contributed by atoms with E-state index in [0.717, 1.165) is 12.1 Å². The van der Waals surface area contributed by atoms with E-state index in [4.69, 9.17) is 22.4 Å². The Kier molecular flexibility index (Phi) is 1.68. The van der Waals surface area contributed by atoms with Crippen molar-refractivity contribution in [1.29, 1.82) is 0 Å². The summed E-state index contributed by atoms with van der Waals surface area (Å²) in [6.45, 7) is 0. The number of hydrogen-bond donors (Lipinski definition) is 2. The lowest BCUT2D eigenvalue weighted by Gasteiger charge is -1.99. The van der Waals surface area contributed by atoms with Crippen LogP contribution in [0, 0.1) is 5.82 Å². The molecule has 0 spiro atoms. The highest BCUT2D eigenvalue weighted by atomic mass is 35.5. The zero-order valence-electron chi connectivity index (χ0n) is 4.94. The second kappa shape index (κ2) is 2.34. The van der Waals surface area contributed by atoms with Gasteiger partial charge in [-0.15, -0.1) is 0 Å². The fourth-order valence-corrected chi connectivity index (χ4v) is 0.711. The number of nitrogen functional groups attached to an aromatic ring is 1. The summed E-state index contributed by atoms with van der Waals surface area (Å²) in [5.41, 5.74) is 4.90. The highest BCUT2D eigenvalue weighted by Crippen LogP contribution is 2.30. The molecule has 0 saturated carbocycles. The Bertz CT molecular complexity index is 237. The SMILES string of the molecule is Nc1c(F)ccc(O)c1Cl. The van der Waals surface area contributed by atoms with Crippen molar-refractivity contribution >= 4 is 17.3 Å². The van der Waals surface area contributed by atoms with Crippen LogP contribution in [0.2, 0.25) is 5.02 Å². The number of phenolic OH excluding ortho intramolecular Hbond substituents is 1. The number of phenols is 1. The summed E-state index contributed by atoms with van der Waals surface area (Å²) in [6, 6.07) is 2.20. The van der Waals surface area contributed by atoms with Gasteiger partial charge in [-0.1, -0.05) is 11.6 Å². The van der Waals surface area contributed by atoms with Gasteiger partial charge in [0, 0.05) is 0 Å². The third-order valence-corrected chi connectivity index (χ3v) is 1.50. The van der Waals surface area contributed by atoms with E-state index >= 15 is 0 Å². The maximum atomic E-state index is 12.4. The highest BCUT2D eigenvalue weighted by molar-refractivity contribution is 6.34. The lowest BCUT2D eigenvalue weighted by Crippen LogP contribution is -1.90. The topological polar surface area (TPSA) is 46.2 Å². The molecule has 2 nitrogen and oxygen atoms in total. The van der Waals surface area contributed by atoms with E-state index in [9.17, 15) is 4.39 Å². The van der Waals surface area contributed by atoms with Crippen LogP contribution in [0.15, 0.2) is 12.1 Å². The molecule has 0 aliphatic heterocycles. The Hall–Kier alpha value is -0.960. The molecule has 0 amide bonds. The first-order valence-corrected chi connectivity index (χ1v) is 2.93. The molecule has 0 heterocycles. The summed E-state index contributed by atoms with van der Waals surface area (Å²) in [6.07, 6.45) is 0. The minimum absolute atomic E-state index is 0.139. The molecule has 1 rings (SSSR count). The highest BCUT2D eigenvalue weighted by Gasteiger charge is 2.06. The first kappa shape index (κ1) is 7.15. The Morgan fingerprint density at radius 3 is 2.60 bits per heavy atom. The summed E-state index contributed by atoms with van der Waals surface area (Å²) < 4.78 is 12.4. The number of rotatable bonds is 0. The molecule has 0 radical (unpaired) electrons. The fourth-order valence-electron chi connectivity index (χ4n) is 0.558. The average molecular weight is 162 g/mol. The van der Waals surface area contributed by atoms with E-state index in [1.54, 1.807) is 0 Å². The fraction of sp³-hybridized carbons (Fsp3) is 0. The minimum Gasteiger partial charge on any atom is -0.506 e. The number of halogens is 2. The molecule has 0 aliphatic carbocycles. The molecule has 4 heteroatoms. The third-order valence-electron chi connectivity index (χ3n) is 1.11. The summed E-state index contributed by atoms with van der Waals surface area (Å²) >= 11 is 5.37. The van der Waals surface area contributed by atoms with Crippen LogP contribution >= 0.6 is 11.6 Å². The van der Waals surface area contributed by atoms with Crippen LogP contribution in [0.25, 0.3) is 0 Å². The second-order valence-electron chi connectivity index (χ2n) is 1.79. The van der Waals surface area contributed by atoms with E-state index in [1.807, 2.05) is 0 Å². The van der Waals surface area contributed by atoms with Crippen molar-refractivity contribution in [2.75, 3.05) is 5.73 Å². The lowest BCUT2D eigenvalue weighted by atomic mass is 10.3. The van der Waals surface area contributed by atoms with Crippen LogP contribution in [-0.4, -0.2) is 5.11 Å². The van der Waals surface area contributed by atoms with Crippen molar-refractivity contribution < 1.29 is 9.50 Å². The summed E-state index contributed by atoms with van der Waals surface area (Å²) in [5, 5.41) is 8.71. The van der Waals surface area contributed by atoms with Crippen molar-refractivity contribution in [1.82, 2.24) is 0 Å². The molecular weight excluding hydrogens is 157 g/mol. The summed E-state index contributed by atoms with van der Waals surface area (Å²) in [4.78, 5) is 0. The first-order chi connectivity index (χ1) is 4.63. The van der Waals surface area contributed by atoms with Crippen LogP contribution in [0.1, 0.15) is 0 Å². The van der Waals surface area contributed by atoms with Gasteiger partial charge in [-0.3, -0.25) is 0 Å². The maximum absolute atomic E-state index is 12.4. The smallest absolute Gasteiger partial charge is 0.147 e. The maximum Gasteiger partial charge on any atom is 0.147 e. The molecule has 54 valence electrons. The number of anilines is 1. The minimum atomic E-state index is -0.622. The van der Waals surface area contributed by atoms with Crippen molar-refractivity contribution in [2.45, 2.75) is 0 Å². The molecule has 0 atom stereocenters. The Morgan fingerprint density at radius 1 is 1.50 bits per heavy atom. The Labute approximate surface area is 62.0 Å². The normalized spacial score (nSPS) is 9.80. The predicted octanol–water partition coefficient (Wildman–Crippen LogP) is 1.77. The molecule has 0 unspecified atom stereocenters. The van der Waals surface area contributed by atoms with E-state index in [0.29, 0.717) is 0 Å². The van der Waals surface area contributed by atoms with Gasteiger partial charge in [0.25, 0.3) is 0 Å². The van der Waals surface area contributed by atoms with Crippen LogP contribution in [0.3, 0.4) is 0 Å². The summed E-state index contributed by atoms with van der Waals surface area (Å²) in [7, 11) is 0. The van der Waals surface area contributed by atoms with Gasteiger partial charge < -0.3 is 10.8 Å². The van der Waals surface area contributed by atoms with Gasteiger partial charge in [-0.2, -0.15) is 0 Å². The Balaban J connectivity index is 3.34. The lowest BCUT2D eigenvalue weighted by molar-refractivity contribution is 0.474. The van der Waals surface area contributed by atoms with Crippen molar-refractivity contribution in [3.63, 3.8) is 0 Å². The molecule has 0 aliphatic rings. The van der Waals surface area contributed by atoms with Crippen LogP contribution < -0.4 is 5.73 Å². The number of hydrogen-bond acceptors (Lipinski definition) is 2. The predicted molar refractivity (Wildman–Crippen MR) is 37.5 cm³/mol. The van der Waals surface area contributed by atoms with Gasteiger partial charge in [0.1, 0.15) is 16.6 Å². The molecular formula is C6H5ClFNO. The molecule has 1 aromatic carbocycles. The number of nitrogens with two attached hydrogens (primary N) is 1. The molecule has 1 aromatic rings.